The van der Waals surface area contributed by atoms with Crippen molar-refractivity contribution in [3.63, 3.8) is 0 Å². The van der Waals surface area contributed by atoms with E-state index in [0.717, 1.165) is 31.8 Å². The van der Waals surface area contributed by atoms with E-state index in [1.54, 1.807) is 0 Å². The molecule has 0 radical (unpaired) electrons. The number of hydrogen-bond donors (Lipinski definition) is 1. The van der Waals surface area contributed by atoms with Gasteiger partial charge in [-0.2, -0.15) is 0 Å². The maximum Gasteiger partial charge on any atom is 0.150 e. The first-order chi connectivity index (χ1) is 10.2. The molecule has 0 saturated carbocycles. The van der Waals surface area contributed by atoms with Crippen molar-refractivity contribution < 1.29 is 8.78 Å². The minimum atomic E-state index is -0.536. The Morgan fingerprint density at radius 1 is 1.29 bits per heavy atom. The second kappa shape index (κ2) is 5.89. The van der Waals surface area contributed by atoms with Crippen molar-refractivity contribution in [1.29, 1.82) is 0 Å². The molecule has 4 nitrogen and oxygen atoms in total. The minimum absolute atomic E-state index is 0.0540. The molecule has 1 aliphatic rings. The summed E-state index contributed by atoms with van der Waals surface area (Å²) in [5.41, 5.74) is 0.0540. The fraction of sp³-hybridized carbons (Fsp3) is 0.467. The molecule has 1 aromatic carbocycles. The maximum atomic E-state index is 13.8. The lowest BCUT2D eigenvalue weighted by Crippen LogP contribution is -2.34. The van der Waals surface area contributed by atoms with Gasteiger partial charge in [-0.05, 0) is 18.6 Å². The summed E-state index contributed by atoms with van der Waals surface area (Å²) in [6.07, 6.45) is 2.15. The highest BCUT2D eigenvalue weighted by atomic mass is 19.1. The van der Waals surface area contributed by atoms with Crippen LogP contribution < -0.4 is 5.32 Å². The first-order valence-electron chi connectivity index (χ1n) is 7.29. The van der Waals surface area contributed by atoms with E-state index in [-0.39, 0.29) is 18.0 Å². The molecular weight excluding hydrogens is 274 g/mol. The molecule has 0 spiro atoms. The Morgan fingerprint density at radius 3 is 2.76 bits per heavy atom. The van der Waals surface area contributed by atoms with Gasteiger partial charge in [-0.1, -0.05) is 19.4 Å². The lowest BCUT2D eigenvalue weighted by atomic mass is 10.1. The van der Waals surface area contributed by atoms with Gasteiger partial charge in [0.1, 0.15) is 23.3 Å². The predicted molar refractivity (Wildman–Crippen MR) is 74.8 cm³/mol. The molecule has 21 heavy (non-hydrogen) atoms. The van der Waals surface area contributed by atoms with E-state index in [9.17, 15) is 8.78 Å². The molecular formula is C15H18F2N4. The highest BCUT2D eigenvalue weighted by molar-refractivity contribution is 5.23. The zero-order valence-electron chi connectivity index (χ0n) is 11.9. The lowest BCUT2D eigenvalue weighted by molar-refractivity contribution is 0.388. The van der Waals surface area contributed by atoms with Crippen molar-refractivity contribution >= 4 is 0 Å². The van der Waals surface area contributed by atoms with Crippen molar-refractivity contribution in [2.75, 3.05) is 6.54 Å². The van der Waals surface area contributed by atoms with Crippen LogP contribution in [0.5, 0.6) is 0 Å². The molecule has 1 aromatic heterocycles. The largest absolute Gasteiger partial charge is 0.312 e. The van der Waals surface area contributed by atoms with Gasteiger partial charge in [-0.3, -0.25) is 0 Å². The first-order valence-corrected chi connectivity index (χ1v) is 7.29. The zero-order chi connectivity index (χ0) is 14.8. The number of benzene rings is 1. The molecule has 2 aromatic rings. The van der Waals surface area contributed by atoms with Crippen LogP contribution in [0.15, 0.2) is 18.2 Å². The van der Waals surface area contributed by atoms with Crippen molar-refractivity contribution in [1.82, 2.24) is 20.1 Å². The van der Waals surface area contributed by atoms with Gasteiger partial charge < -0.3 is 9.88 Å². The lowest BCUT2D eigenvalue weighted by Gasteiger charge is -2.24. The molecule has 3 rings (SSSR count). The number of halogens is 2. The van der Waals surface area contributed by atoms with Gasteiger partial charge in [0.2, 0.25) is 0 Å². The van der Waals surface area contributed by atoms with Crippen LogP contribution in [0, 0.1) is 11.6 Å². The Balaban J connectivity index is 1.91. The van der Waals surface area contributed by atoms with Crippen molar-refractivity contribution in [3.8, 4) is 0 Å². The summed E-state index contributed by atoms with van der Waals surface area (Å²) in [6.45, 7) is 3.67. The van der Waals surface area contributed by atoms with Gasteiger partial charge in [0, 0.05) is 25.1 Å². The molecule has 112 valence electrons. The van der Waals surface area contributed by atoms with E-state index in [2.05, 4.69) is 22.4 Å². The van der Waals surface area contributed by atoms with Crippen LogP contribution >= 0.6 is 0 Å². The highest BCUT2D eigenvalue weighted by Crippen LogP contribution is 2.23. The number of nitrogens with one attached hydrogen (secondary N) is 1. The predicted octanol–water partition coefficient (Wildman–Crippen LogP) is 2.59. The number of nitrogens with zero attached hydrogens (tertiary/aromatic N) is 3. The summed E-state index contributed by atoms with van der Waals surface area (Å²) < 4.78 is 29.5. The maximum absolute atomic E-state index is 13.8. The van der Waals surface area contributed by atoms with E-state index in [4.69, 9.17) is 0 Å². The molecule has 0 bridgehead atoms. The van der Waals surface area contributed by atoms with E-state index in [0.29, 0.717) is 5.82 Å². The second-order valence-corrected chi connectivity index (χ2v) is 5.30. The fourth-order valence-corrected chi connectivity index (χ4v) is 2.80. The molecule has 0 saturated heterocycles. The summed E-state index contributed by atoms with van der Waals surface area (Å²) in [6, 6.07) is 4.09. The van der Waals surface area contributed by atoms with Crippen LogP contribution in [-0.2, 0) is 13.0 Å². The summed E-state index contributed by atoms with van der Waals surface area (Å²) in [5, 5.41) is 11.8. The molecule has 1 atom stereocenters. The van der Waals surface area contributed by atoms with E-state index >= 15 is 0 Å². The van der Waals surface area contributed by atoms with Crippen LogP contribution in [0.3, 0.4) is 0 Å². The minimum Gasteiger partial charge on any atom is -0.312 e. The van der Waals surface area contributed by atoms with Gasteiger partial charge in [0.05, 0.1) is 6.04 Å². The molecule has 2 heterocycles. The highest BCUT2D eigenvalue weighted by Gasteiger charge is 2.25. The second-order valence-electron chi connectivity index (χ2n) is 5.30. The van der Waals surface area contributed by atoms with Crippen LogP contribution in [-0.4, -0.2) is 21.3 Å². The standard InChI is InChI=1S/C15H18F2N4/c1-2-4-13-15-20-19-14(21(15)8-7-18-13)9-10-11(16)5-3-6-12(10)17/h3,5-6,13,18H,2,4,7-9H2,1H3. The summed E-state index contributed by atoms with van der Waals surface area (Å²) in [4.78, 5) is 0. The third-order valence-corrected chi connectivity index (χ3v) is 3.87. The zero-order valence-corrected chi connectivity index (χ0v) is 11.9. The molecule has 1 N–H and O–H groups in total. The molecule has 1 aliphatic heterocycles. The van der Waals surface area contributed by atoms with Crippen molar-refractivity contribution in [2.24, 2.45) is 0 Å². The quantitative estimate of drug-likeness (QED) is 0.942. The molecule has 0 fully saturated rings. The molecule has 1 unspecified atom stereocenters. The van der Waals surface area contributed by atoms with Crippen LogP contribution in [0.4, 0.5) is 8.78 Å². The smallest absolute Gasteiger partial charge is 0.150 e. The fourth-order valence-electron chi connectivity index (χ4n) is 2.80. The Kier molecular flexibility index (Phi) is 3.96. The number of aromatic nitrogens is 3. The van der Waals surface area contributed by atoms with Gasteiger partial charge in [0.25, 0.3) is 0 Å². The third kappa shape index (κ3) is 2.68. The van der Waals surface area contributed by atoms with Gasteiger partial charge in [-0.15, -0.1) is 10.2 Å². The van der Waals surface area contributed by atoms with E-state index in [1.807, 2.05) is 4.57 Å². The van der Waals surface area contributed by atoms with E-state index in [1.165, 1.54) is 18.2 Å². The molecule has 6 heteroatoms. The topological polar surface area (TPSA) is 42.7 Å². The Bertz CT molecular complexity index is 618. The van der Waals surface area contributed by atoms with Crippen LogP contribution in [0.2, 0.25) is 0 Å². The monoisotopic (exact) mass is 292 g/mol. The normalized spacial score (nSPS) is 17.8. The first kappa shape index (κ1) is 14.1. The SMILES string of the molecule is CCCC1NCCn2c(Cc3c(F)cccc3F)nnc21. The summed E-state index contributed by atoms with van der Waals surface area (Å²) >= 11 is 0. The van der Waals surface area contributed by atoms with Crippen molar-refractivity contribution in [2.45, 2.75) is 38.8 Å². The number of hydrogen-bond acceptors (Lipinski definition) is 3. The van der Waals surface area contributed by atoms with Gasteiger partial charge in [-0.25, -0.2) is 8.78 Å². The third-order valence-electron chi connectivity index (χ3n) is 3.87. The average Bonchev–Trinajstić information content (AvgIpc) is 2.88. The molecule has 0 amide bonds. The molecule has 0 aliphatic carbocycles. The summed E-state index contributed by atoms with van der Waals surface area (Å²) in [7, 11) is 0. The van der Waals surface area contributed by atoms with Crippen molar-refractivity contribution in [3.05, 3.63) is 47.0 Å². The number of fused-ring (bicyclic) bond motifs is 1. The Hall–Kier alpha value is -1.82. The Labute approximate surface area is 122 Å². The Morgan fingerprint density at radius 2 is 2.05 bits per heavy atom. The summed E-state index contributed by atoms with van der Waals surface area (Å²) in [5.74, 6) is 0.421. The van der Waals surface area contributed by atoms with Crippen LogP contribution in [0.25, 0.3) is 0 Å². The van der Waals surface area contributed by atoms with Gasteiger partial charge >= 0.3 is 0 Å². The average molecular weight is 292 g/mol. The van der Waals surface area contributed by atoms with Crippen LogP contribution in [0.1, 0.15) is 43.0 Å². The number of rotatable bonds is 4. The van der Waals surface area contributed by atoms with E-state index < -0.39 is 11.6 Å². The van der Waals surface area contributed by atoms with Gasteiger partial charge in [0.15, 0.2) is 0 Å².